The van der Waals surface area contributed by atoms with Crippen LogP contribution >= 0.6 is 0 Å². The third-order valence-corrected chi connectivity index (χ3v) is 3.62. The minimum atomic E-state index is 0.774. The van der Waals surface area contributed by atoms with Gasteiger partial charge >= 0.3 is 0 Å². The zero-order valence-electron chi connectivity index (χ0n) is 12.7. The highest BCUT2D eigenvalue weighted by molar-refractivity contribution is 5.71. The molecule has 0 atom stereocenters. The van der Waals surface area contributed by atoms with Crippen LogP contribution in [0.2, 0.25) is 0 Å². The summed E-state index contributed by atoms with van der Waals surface area (Å²) in [5.41, 5.74) is 5.31. The second-order valence-electron chi connectivity index (χ2n) is 5.08. The maximum absolute atomic E-state index is 5.50. The number of fused-ring (bicyclic) bond motifs is 1. The molecule has 4 heteroatoms. The van der Waals surface area contributed by atoms with Crippen LogP contribution in [-0.4, -0.2) is 23.6 Å². The molecule has 0 aliphatic heterocycles. The molecule has 108 valence electrons. The van der Waals surface area contributed by atoms with Crippen LogP contribution in [0.3, 0.4) is 0 Å². The van der Waals surface area contributed by atoms with Crippen LogP contribution in [-0.2, 0) is 0 Å². The monoisotopic (exact) mass is 282 g/mol. The van der Waals surface area contributed by atoms with Crippen molar-refractivity contribution in [2.45, 2.75) is 13.8 Å². The van der Waals surface area contributed by atoms with E-state index >= 15 is 0 Å². The van der Waals surface area contributed by atoms with Crippen molar-refractivity contribution in [3.8, 4) is 22.8 Å². The highest BCUT2D eigenvalue weighted by Crippen LogP contribution is 2.34. The minimum absolute atomic E-state index is 0.774. The van der Waals surface area contributed by atoms with Crippen molar-refractivity contribution in [1.82, 2.24) is 9.38 Å². The third-order valence-electron chi connectivity index (χ3n) is 3.62. The van der Waals surface area contributed by atoms with E-state index in [4.69, 9.17) is 9.47 Å². The lowest BCUT2D eigenvalue weighted by atomic mass is 10.1. The van der Waals surface area contributed by atoms with E-state index in [1.807, 2.05) is 24.4 Å². The summed E-state index contributed by atoms with van der Waals surface area (Å²) in [5.74, 6) is 1.55. The highest BCUT2D eigenvalue weighted by Gasteiger charge is 2.13. The first-order valence-electron chi connectivity index (χ1n) is 6.81. The standard InChI is InChI=1S/C17H18N2O2/c1-11-7-12(2)19-15(10-18-17(19)8-11)14-6-5-13(20-3)9-16(14)21-4/h5-10H,1-4H3. The molecule has 0 fully saturated rings. The van der Waals surface area contributed by atoms with E-state index in [0.717, 1.165) is 34.1 Å². The van der Waals surface area contributed by atoms with Crippen molar-refractivity contribution in [2.24, 2.45) is 0 Å². The van der Waals surface area contributed by atoms with E-state index in [1.165, 1.54) is 5.56 Å². The molecule has 0 aliphatic rings. The Morgan fingerprint density at radius 3 is 2.52 bits per heavy atom. The molecule has 0 saturated heterocycles. The lowest BCUT2D eigenvalue weighted by Gasteiger charge is -2.12. The predicted molar refractivity (Wildman–Crippen MR) is 83.2 cm³/mol. The van der Waals surface area contributed by atoms with Crippen LogP contribution in [0.4, 0.5) is 0 Å². The zero-order valence-corrected chi connectivity index (χ0v) is 12.7. The molecule has 4 nitrogen and oxygen atoms in total. The molecule has 0 N–H and O–H groups in total. The second kappa shape index (κ2) is 5.13. The van der Waals surface area contributed by atoms with Gasteiger partial charge in [-0.15, -0.1) is 0 Å². The average Bonchev–Trinajstić information content (AvgIpc) is 2.90. The molecular formula is C17H18N2O2. The van der Waals surface area contributed by atoms with Gasteiger partial charge in [-0.25, -0.2) is 4.98 Å². The van der Waals surface area contributed by atoms with Crippen LogP contribution in [0.5, 0.6) is 11.5 Å². The van der Waals surface area contributed by atoms with Gasteiger partial charge in [-0.2, -0.15) is 0 Å². The predicted octanol–water partition coefficient (Wildman–Crippen LogP) is 3.64. The molecule has 21 heavy (non-hydrogen) atoms. The molecule has 2 aromatic heterocycles. The van der Waals surface area contributed by atoms with Crippen LogP contribution in [0.1, 0.15) is 11.3 Å². The Bertz CT molecular complexity index is 806. The van der Waals surface area contributed by atoms with E-state index in [0.29, 0.717) is 0 Å². The lowest BCUT2D eigenvalue weighted by molar-refractivity contribution is 0.395. The lowest BCUT2D eigenvalue weighted by Crippen LogP contribution is -1.97. The van der Waals surface area contributed by atoms with Gasteiger partial charge in [0.25, 0.3) is 0 Å². The first-order valence-corrected chi connectivity index (χ1v) is 6.81. The van der Waals surface area contributed by atoms with E-state index in [2.05, 4.69) is 35.4 Å². The quantitative estimate of drug-likeness (QED) is 0.736. The molecule has 0 spiro atoms. The van der Waals surface area contributed by atoms with Crippen molar-refractivity contribution < 1.29 is 9.47 Å². The van der Waals surface area contributed by atoms with Crippen LogP contribution in [0.15, 0.2) is 36.5 Å². The summed E-state index contributed by atoms with van der Waals surface area (Å²) in [4.78, 5) is 4.51. The largest absolute Gasteiger partial charge is 0.497 e. The second-order valence-corrected chi connectivity index (χ2v) is 5.08. The van der Waals surface area contributed by atoms with Gasteiger partial charge in [0.1, 0.15) is 17.1 Å². The van der Waals surface area contributed by atoms with Gasteiger partial charge in [-0.05, 0) is 43.7 Å². The number of imidazole rings is 1. The molecule has 3 aromatic rings. The Balaban J connectivity index is 2.26. The summed E-state index contributed by atoms with van der Waals surface area (Å²) in [7, 11) is 3.31. The van der Waals surface area contributed by atoms with Crippen LogP contribution in [0, 0.1) is 13.8 Å². The molecule has 2 heterocycles. The molecule has 0 radical (unpaired) electrons. The van der Waals surface area contributed by atoms with Gasteiger partial charge in [0.2, 0.25) is 0 Å². The summed E-state index contributed by atoms with van der Waals surface area (Å²) in [6.45, 7) is 4.16. The van der Waals surface area contributed by atoms with Gasteiger partial charge in [0.15, 0.2) is 0 Å². The Labute approximate surface area is 124 Å². The maximum atomic E-state index is 5.50. The summed E-state index contributed by atoms with van der Waals surface area (Å²) < 4.78 is 12.9. The molecule has 0 unspecified atom stereocenters. The number of methoxy groups -OCH3 is 2. The topological polar surface area (TPSA) is 35.8 Å². The van der Waals surface area contributed by atoms with Crippen molar-refractivity contribution in [3.05, 3.63) is 47.8 Å². The molecule has 0 saturated carbocycles. The Hall–Kier alpha value is -2.49. The highest BCUT2D eigenvalue weighted by atomic mass is 16.5. The third kappa shape index (κ3) is 2.23. The van der Waals surface area contributed by atoms with Crippen LogP contribution in [0.25, 0.3) is 16.9 Å². The maximum Gasteiger partial charge on any atom is 0.137 e. The van der Waals surface area contributed by atoms with Gasteiger partial charge in [-0.1, -0.05) is 0 Å². The Kier molecular flexibility index (Phi) is 3.29. The number of aromatic nitrogens is 2. The van der Waals surface area contributed by atoms with Gasteiger partial charge in [0, 0.05) is 17.3 Å². The number of nitrogens with zero attached hydrogens (tertiary/aromatic N) is 2. The smallest absolute Gasteiger partial charge is 0.137 e. The fraction of sp³-hybridized carbons (Fsp3) is 0.235. The SMILES string of the molecule is COc1ccc(-c2cnc3cc(C)cc(C)n23)c(OC)c1. The minimum Gasteiger partial charge on any atom is -0.497 e. The summed E-state index contributed by atoms with van der Waals surface area (Å²) in [6.07, 6.45) is 1.88. The fourth-order valence-corrected chi connectivity index (χ4v) is 2.68. The number of aryl methyl sites for hydroxylation is 2. The summed E-state index contributed by atoms with van der Waals surface area (Å²) in [5, 5.41) is 0. The van der Waals surface area contributed by atoms with Crippen molar-refractivity contribution in [1.29, 1.82) is 0 Å². The Morgan fingerprint density at radius 2 is 1.81 bits per heavy atom. The number of hydrogen-bond donors (Lipinski definition) is 0. The first-order chi connectivity index (χ1) is 10.1. The summed E-state index contributed by atoms with van der Waals surface area (Å²) in [6, 6.07) is 10.0. The molecular weight excluding hydrogens is 264 g/mol. The van der Waals surface area contributed by atoms with E-state index < -0.39 is 0 Å². The molecule has 0 amide bonds. The molecule has 0 bridgehead atoms. The number of rotatable bonds is 3. The van der Waals surface area contributed by atoms with Crippen molar-refractivity contribution >= 4 is 5.65 Å². The number of pyridine rings is 1. The number of hydrogen-bond acceptors (Lipinski definition) is 3. The van der Waals surface area contributed by atoms with Gasteiger partial charge in [0.05, 0.1) is 26.1 Å². The zero-order chi connectivity index (χ0) is 15.0. The average molecular weight is 282 g/mol. The van der Waals surface area contributed by atoms with Crippen molar-refractivity contribution in [2.75, 3.05) is 14.2 Å². The normalized spacial score (nSPS) is 10.9. The van der Waals surface area contributed by atoms with Gasteiger partial charge in [-0.3, -0.25) is 4.40 Å². The number of ether oxygens (including phenoxy) is 2. The fourth-order valence-electron chi connectivity index (χ4n) is 2.68. The summed E-state index contributed by atoms with van der Waals surface area (Å²) >= 11 is 0. The van der Waals surface area contributed by atoms with Crippen LogP contribution < -0.4 is 9.47 Å². The van der Waals surface area contributed by atoms with E-state index in [1.54, 1.807) is 14.2 Å². The van der Waals surface area contributed by atoms with Crippen molar-refractivity contribution in [3.63, 3.8) is 0 Å². The molecule has 1 aromatic carbocycles. The van der Waals surface area contributed by atoms with E-state index in [9.17, 15) is 0 Å². The van der Waals surface area contributed by atoms with E-state index in [-0.39, 0.29) is 0 Å². The van der Waals surface area contributed by atoms with Gasteiger partial charge < -0.3 is 9.47 Å². The first kappa shape index (κ1) is 13.5. The Morgan fingerprint density at radius 1 is 1.00 bits per heavy atom. The number of benzene rings is 1. The molecule has 3 rings (SSSR count). The molecule has 0 aliphatic carbocycles.